The number of hydrogen-bond acceptors (Lipinski definition) is 5. The standard InChI is InChI=1S/C21H26N4O2S/c1-24(10-9-16-6-3-2-4-7-16)20(26)19-18(25-11-13-28-21(25)23-19)15-22-14-17-8-5-12-27-17/h2-4,6-7,11,13,17,22H,5,8-10,12,14-15H2,1H3. The SMILES string of the molecule is CN(CCc1ccccc1)C(=O)c1nc2sccn2c1CNCC1CCCO1. The van der Waals surface area contributed by atoms with Crippen LogP contribution in [0.5, 0.6) is 0 Å². The number of fused-ring (bicyclic) bond motifs is 1. The average Bonchev–Trinajstić information content (AvgIpc) is 3.45. The number of amides is 1. The van der Waals surface area contributed by atoms with Crippen LogP contribution < -0.4 is 5.32 Å². The Kier molecular flexibility index (Phi) is 6.04. The lowest BCUT2D eigenvalue weighted by molar-refractivity contribution is 0.0790. The molecule has 0 spiro atoms. The predicted octanol–water partition coefficient (Wildman–Crippen LogP) is 2.98. The van der Waals surface area contributed by atoms with Gasteiger partial charge in [0.2, 0.25) is 0 Å². The minimum atomic E-state index is -0.0271. The molecule has 7 heteroatoms. The van der Waals surface area contributed by atoms with Crippen molar-refractivity contribution in [1.29, 1.82) is 0 Å². The van der Waals surface area contributed by atoms with Gasteiger partial charge in [-0.15, -0.1) is 11.3 Å². The van der Waals surface area contributed by atoms with E-state index in [4.69, 9.17) is 4.74 Å². The summed E-state index contributed by atoms with van der Waals surface area (Å²) in [7, 11) is 1.85. The summed E-state index contributed by atoms with van der Waals surface area (Å²) in [5.41, 5.74) is 2.69. The molecule has 6 nitrogen and oxygen atoms in total. The van der Waals surface area contributed by atoms with Crippen molar-refractivity contribution in [2.24, 2.45) is 0 Å². The van der Waals surface area contributed by atoms with Crippen LogP contribution in [0, 0.1) is 0 Å². The lowest BCUT2D eigenvalue weighted by atomic mass is 10.1. The Balaban J connectivity index is 1.44. The third-order valence-corrected chi connectivity index (χ3v) is 5.93. The number of nitrogens with one attached hydrogen (secondary N) is 1. The average molecular weight is 399 g/mol. The van der Waals surface area contributed by atoms with E-state index >= 15 is 0 Å². The van der Waals surface area contributed by atoms with Gasteiger partial charge in [-0.3, -0.25) is 9.20 Å². The van der Waals surface area contributed by atoms with Crippen molar-refractivity contribution in [2.75, 3.05) is 26.7 Å². The highest BCUT2D eigenvalue weighted by atomic mass is 32.1. The first-order chi connectivity index (χ1) is 13.7. The Hall–Kier alpha value is -2.22. The quantitative estimate of drug-likeness (QED) is 0.634. The third-order valence-electron chi connectivity index (χ3n) is 5.18. The molecule has 3 heterocycles. The summed E-state index contributed by atoms with van der Waals surface area (Å²) in [6.45, 7) is 2.92. The molecular weight excluding hydrogens is 372 g/mol. The van der Waals surface area contributed by atoms with Gasteiger partial charge in [-0.1, -0.05) is 30.3 Å². The summed E-state index contributed by atoms with van der Waals surface area (Å²) < 4.78 is 7.70. The Bertz CT molecular complexity index is 915. The predicted molar refractivity (Wildman–Crippen MR) is 111 cm³/mol. The van der Waals surface area contributed by atoms with Gasteiger partial charge in [-0.25, -0.2) is 4.98 Å². The second-order valence-electron chi connectivity index (χ2n) is 7.19. The van der Waals surface area contributed by atoms with Gasteiger partial charge in [-0.2, -0.15) is 0 Å². The van der Waals surface area contributed by atoms with Gasteiger partial charge >= 0.3 is 0 Å². The fraction of sp³-hybridized carbons (Fsp3) is 0.429. The maximum absolute atomic E-state index is 13.1. The number of ether oxygens (including phenoxy) is 1. The number of benzene rings is 1. The zero-order chi connectivity index (χ0) is 19.3. The molecule has 0 aliphatic carbocycles. The number of rotatable bonds is 8. The van der Waals surface area contributed by atoms with Crippen molar-refractivity contribution in [3.05, 3.63) is 58.9 Å². The van der Waals surface area contributed by atoms with Gasteiger partial charge in [0, 0.05) is 44.9 Å². The minimum Gasteiger partial charge on any atom is -0.377 e. The Morgan fingerprint density at radius 3 is 3.04 bits per heavy atom. The normalized spacial score (nSPS) is 16.7. The van der Waals surface area contributed by atoms with Gasteiger partial charge in [0.1, 0.15) is 0 Å². The van der Waals surface area contributed by atoms with E-state index in [0.29, 0.717) is 18.8 Å². The molecule has 1 atom stereocenters. The van der Waals surface area contributed by atoms with Crippen LogP contribution in [0.3, 0.4) is 0 Å². The van der Waals surface area contributed by atoms with Crippen LogP contribution in [0.15, 0.2) is 41.9 Å². The summed E-state index contributed by atoms with van der Waals surface area (Å²) in [6.07, 6.45) is 5.32. The molecule has 148 valence electrons. The minimum absolute atomic E-state index is 0.0271. The van der Waals surface area contributed by atoms with Crippen LogP contribution in [0.25, 0.3) is 4.96 Å². The molecule has 2 aromatic heterocycles. The van der Waals surface area contributed by atoms with Crippen LogP contribution in [-0.4, -0.2) is 53.0 Å². The number of thiazole rings is 1. The molecule has 1 saturated heterocycles. The largest absolute Gasteiger partial charge is 0.377 e. The van der Waals surface area contributed by atoms with E-state index in [1.54, 1.807) is 16.2 Å². The second kappa shape index (κ2) is 8.86. The molecule has 1 N–H and O–H groups in total. The molecule has 28 heavy (non-hydrogen) atoms. The highest BCUT2D eigenvalue weighted by molar-refractivity contribution is 7.15. The summed E-state index contributed by atoms with van der Waals surface area (Å²) in [6, 6.07) is 10.2. The topological polar surface area (TPSA) is 58.9 Å². The van der Waals surface area contributed by atoms with E-state index in [1.807, 2.05) is 41.2 Å². The number of aromatic nitrogens is 2. The van der Waals surface area contributed by atoms with Gasteiger partial charge < -0.3 is 15.0 Å². The van der Waals surface area contributed by atoms with Crippen LogP contribution in [0.2, 0.25) is 0 Å². The Morgan fingerprint density at radius 2 is 2.25 bits per heavy atom. The highest BCUT2D eigenvalue weighted by Gasteiger charge is 2.23. The molecule has 1 aliphatic heterocycles. The first-order valence-corrected chi connectivity index (χ1v) is 10.7. The van der Waals surface area contributed by atoms with Gasteiger partial charge in [0.05, 0.1) is 11.8 Å². The van der Waals surface area contributed by atoms with E-state index in [1.165, 1.54) is 5.56 Å². The van der Waals surface area contributed by atoms with Crippen LogP contribution >= 0.6 is 11.3 Å². The number of carbonyl (C=O) groups excluding carboxylic acids is 1. The lowest BCUT2D eigenvalue weighted by Gasteiger charge is -2.17. The Labute approximate surface area is 169 Å². The molecule has 0 saturated carbocycles. The van der Waals surface area contributed by atoms with E-state index in [9.17, 15) is 4.79 Å². The van der Waals surface area contributed by atoms with Gasteiger partial charge in [-0.05, 0) is 24.8 Å². The molecule has 1 aliphatic rings. The number of nitrogens with zero attached hydrogens (tertiary/aromatic N) is 3. The number of hydrogen-bond donors (Lipinski definition) is 1. The van der Waals surface area contributed by atoms with E-state index in [0.717, 1.165) is 43.1 Å². The molecule has 4 rings (SSSR count). The first kappa shape index (κ1) is 19.1. The van der Waals surface area contributed by atoms with Crippen LogP contribution in [-0.2, 0) is 17.7 Å². The maximum Gasteiger partial charge on any atom is 0.274 e. The molecule has 1 amide bonds. The van der Waals surface area contributed by atoms with Gasteiger partial charge in [0.15, 0.2) is 10.7 Å². The van der Waals surface area contributed by atoms with Crippen molar-refractivity contribution in [1.82, 2.24) is 19.6 Å². The Morgan fingerprint density at radius 1 is 1.39 bits per heavy atom. The fourth-order valence-corrected chi connectivity index (χ4v) is 4.29. The second-order valence-corrected chi connectivity index (χ2v) is 8.06. The summed E-state index contributed by atoms with van der Waals surface area (Å²) in [4.78, 5) is 20.3. The van der Waals surface area contributed by atoms with E-state index in [2.05, 4.69) is 22.4 Å². The summed E-state index contributed by atoms with van der Waals surface area (Å²) in [5, 5.41) is 5.45. The molecule has 1 unspecified atom stereocenters. The third kappa shape index (κ3) is 4.27. The smallest absolute Gasteiger partial charge is 0.274 e. The van der Waals surface area contributed by atoms with Crippen molar-refractivity contribution in [3.8, 4) is 0 Å². The molecule has 0 bridgehead atoms. The van der Waals surface area contributed by atoms with E-state index in [-0.39, 0.29) is 12.0 Å². The zero-order valence-electron chi connectivity index (χ0n) is 16.1. The highest BCUT2D eigenvalue weighted by Crippen LogP contribution is 2.19. The zero-order valence-corrected chi connectivity index (χ0v) is 17.0. The van der Waals surface area contributed by atoms with Gasteiger partial charge in [0.25, 0.3) is 5.91 Å². The summed E-state index contributed by atoms with van der Waals surface area (Å²) in [5.74, 6) is -0.0271. The first-order valence-electron chi connectivity index (χ1n) is 9.78. The fourth-order valence-electron chi connectivity index (χ4n) is 3.55. The molecule has 0 radical (unpaired) electrons. The monoisotopic (exact) mass is 398 g/mol. The van der Waals surface area contributed by atoms with Crippen molar-refractivity contribution >= 4 is 22.2 Å². The molecular formula is C21H26N4O2S. The van der Waals surface area contributed by atoms with Crippen LogP contribution in [0.4, 0.5) is 0 Å². The number of imidazole rings is 1. The van der Waals surface area contributed by atoms with E-state index < -0.39 is 0 Å². The number of likely N-dealkylation sites (N-methyl/N-ethyl adjacent to an activating group) is 1. The molecule has 1 aromatic carbocycles. The number of carbonyl (C=O) groups is 1. The lowest BCUT2D eigenvalue weighted by Crippen LogP contribution is -2.31. The molecule has 1 fully saturated rings. The van der Waals surface area contributed by atoms with Crippen molar-refractivity contribution in [3.63, 3.8) is 0 Å². The maximum atomic E-state index is 13.1. The van der Waals surface area contributed by atoms with Crippen molar-refractivity contribution in [2.45, 2.75) is 31.9 Å². The summed E-state index contributed by atoms with van der Waals surface area (Å²) >= 11 is 1.55. The van der Waals surface area contributed by atoms with Crippen LogP contribution in [0.1, 0.15) is 34.6 Å². The van der Waals surface area contributed by atoms with Crippen molar-refractivity contribution < 1.29 is 9.53 Å². The molecule has 3 aromatic rings.